The molecule has 4 rings (SSSR count). The van der Waals surface area contributed by atoms with Crippen LogP contribution in [0.3, 0.4) is 0 Å². The van der Waals surface area contributed by atoms with E-state index in [0.29, 0.717) is 18.0 Å². The molecule has 3 aliphatic rings. The summed E-state index contributed by atoms with van der Waals surface area (Å²) in [6.07, 6.45) is 10.1. The zero-order valence-electron chi connectivity index (χ0n) is 13.6. The summed E-state index contributed by atoms with van der Waals surface area (Å²) in [4.78, 5) is 31.3. The van der Waals surface area contributed by atoms with Crippen molar-refractivity contribution in [2.75, 3.05) is 0 Å². The number of piperidine rings is 1. The fraction of sp³-hybridized carbons (Fsp3) is 0.611. The Labute approximate surface area is 136 Å². The summed E-state index contributed by atoms with van der Waals surface area (Å²) in [5, 5.41) is 0. The molecule has 2 unspecified atom stereocenters. The van der Waals surface area contributed by atoms with Gasteiger partial charge in [0.2, 0.25) is 5.91 Å². The van der Waals surface area contributed by atoms with Crippen molar-refractivity contribution in [2.24, 2.45) is 0 Å². The molecule has 1 aliphatic carbocycles. The highest BCUT2D eigenvalue weighted by molar-refractivity contribution is 5.77. The van der Waals surface area contributed by atoms with E-state index in [2.05, 4.69) is 18.0 Å². The van der Waals surface area contributed by atoms with Gasteiger partial charge < -0.3 is 4.90 Å². The third-order valence-corrected chi connectivity index (χ3v) is 5.51. The Morgan fingerprint density at radius 2 is 1.96 bits per heavy atom. The molecule has 1 aromatic heterocycles. The molecule has 2 atom stereocenters. The van der Waals surface area contributed by atoms with Crippen molar-refractivity contribution in [3.63, 3.8) is 0 Å². The second-order valence-electron chi connectivity index (χ2n) is 7.10. The molecule has 0 N–H and O–H groups in total. The number of rotatable bonds is 3. The van der Waals surface area contributed by atoms with Crippen LogP contribution in [0.25, 0.3) is 0 Å². The second kappa shape index (κ2) is 5.62. The lowest BCUT2D eigenvalue weighted by atomic mass is 9.96. The molecule has 2 bridgehead atoms. The number of hydrogen-bond acceptors (Lipinski definition) is 3. The predicted molar refractivity (Wildman–Crippen MR) is 87.1 cm³/mol. The maximum absolute atomic E-state index is 12.7. The number of fused-ring (bicyclic) bond motifs is 2. The Balaban J connectivity index is 1.49. The van der Waals surface area contributed by atoms with E-state index in [1.165, 1.54) is 10.1 Å². The molecule has 1 amide bonds. The number of carbonyl (C=O) groups is 1. The topological polar surface area (TPSA) is 55.2 Å². The average Bonchev–Trinajstić information content (AvgIpc) is 3.35. The lowest BCUT2D eigenvalue weighted by Gasteiger charge is -2.36. The Kier molecular flexibility index (Phi) is 3.58. The maximum Gasteiger partial charge on any atom is 0.254 e. The van der Waals surface area contributed by atoms with E-state index in [4.69, 9.17) is 0 Å². The first-order chi connectivity index (χ1) is 11.2. The zero-order valence-corrected chi connectivity index (χ0v) is 13.6. The van der Waals surface area contributed by atoms with Gasteiger partial charge >= 0.3 is 0 Å². The van der Waals surface area contributed by atoms with Gasteiger partial charge in [-0.25, -0.2) is 4.98 Å². The highest BCUT2D eigenvalue weighted by Crippen LogP contribution is 2.39. The number of nitrogens with zero attached hydrogens (tertiary/aromatic N) is 3. The van der Waals surface area contributed by atoms with Gasteiger partial charge in [-0.15, -0.1) is 0 Å². The Morgan fingerprint density at radius 3 is 2.52 bits per heavy atom. The van der Waals surface area contributed by atoms with E-state index in [0.717, 1.165) is 44.2 Å². The van der Waals surface area contributed by atoms with Gasteiger partial charge in [-0.3, -0.25) is 14.2 Å². The molecule has 122 valence electrons. The number of allylic oxidation sites excluding steroid dienone is 1. The van der Waals surface area contributed by atoms with Gasteiger partial charge in [0.15, 0.2) is 0 Å². The summed E-state index contributed by atoms with van der Waals surface area (Å²) >= 11 is 0. The second-order valence-corrected chi connectivity index (χ2v) is 7.10. The molecule has 0 radical (unpaired) electrons. The van der Waals surface area contributed by atoms with Gasteiger partial charge in [-0.05, 0) is 45.4 Å². The van der Waals surface area contributed by atoms with Crippen molar-refractivity contribution in [1.29, 1.82) is 0 Å². The summed E-state index contributed by atoms with van der Waals surface area (Å²) < 4.78 is 1.46. The first kappa shape index (κ1) is 14.7. The molecule has 23 heavy (non-hydrogen) atoms. The van der Waals surface area contributed by atoms with E-state index in [1.807, 2.05) is 4.90 Å². The normalized spacial score (nSPS) is 26.5. The average molecular weight is 313 g/mol. The minimum atomic E-state index is -0.103. The predicted octanol–water partition coefficient (Wildman–Crippen LogP) is 2.22. The minimum absolute atomic E-state index is 0.0655. The Morgan fingerprint density at radius 1 is 1.26 bits per heavy atom. The number of hydrogen-bond donors (Lipinski definition) is 0. The van der Waals surface area contributed by atoms with Gasteiger partial charge in [0.1, 0.15) is 6.54 Å². The highest BCUT2D eigenvalue weighted by atomic mass is 16.2. The molecule has 1 aromatic rings. The van der Waals surface area contributed by atoms with Crippen LogP contribution < -0.4 is 5.56 Å². The van der Waals surface area contributed by atoms with Crippen LogP contribution in [-0.2, 0) is 11.3 Å². The standard InChI is InChI=1S/C18H23N3O2/c1-2-12-7-14-5-6-15(8-12)21(14)18(23)10-20-11-19-16(9-17(20)22)13-3-4-13/h2,9,11,13-15H,3-8,10H2,1H3. The van der Waals surface area contributed by atoms with Crippen LogP contribution in [0.15, 0.2) is 28.8 Å². The number of amides is 1. The molecular weight excluding hydrogens is 290 g/mol. The molecule has 0 aromatic carbocycles. The first-order valence-corrected chi connectivity index (χ1v) is 8.67. The van der Waals surface area contributed by atoms with E-state index in [9.17, 15) is 9.59 Å². The lowest BCUT2D eigenvalue weighted by molar-refractivity contribution is -0.135. The van der Waals surface area contributed by atoms with Crippen LogP contribution in [-0.4, -0.2) is 32.4 Å². The molecule has 2 saturated heterocycles. The van der Waals surface area contributed by atoms with Crippen LogP contribution in [0.1, 0.15) is 57.1 Å². The van der Waals surface area contributed by atoms with Crippen LogP contribution in [0.5, 0.6) is 0 Å². The SMILES string of the molecule is CC=C1CC2CCC(C1)N2C(=O)Cn1cnc(C2CC2)cc1=O. The third-order valence-electron chi connectivity index (χ3n) is 5.51. The molecule has 2 aliphatic heterocycles. The van der Waals surface area contributed by atoms with E-state index in [-0.39, 0.29) is 18.0 Å². The van der Waals surface area contributed by atoms with Crippen molar-refractivity contribution in [2.45, 2.75) is 70.0 Å². The van der Waals surface area contributed by atoms with Crippen molar-refractivity contribution < 1.29 is 4.79 Å². The van der Waals surface area contributed by atoms with Gasteiger partial charge in [-0.1, -0.05) is 11.6 Å². The summed E-state index contributed by atoms with van der Waals surface area (Å²) in [5.74, 6) is 0.529. The lowest BCUT2D eigenvalue weighted by Crippen LogP contribution is -2.46. The van der Waals surface area contributed by atoms with Gasteiger partial charge in [0.25, 0.3) is 5.56 Å². The van der Waals surface area contributed by atoms with Crippen molar-refractivity contribution in [3.05, 3.63) is 40.1 Å². The molecule has 3 heterocycles. The van der Waals surface area contributed by atoms with Crippen molar-refractivity contribution >= 4 is 5.91 Å². The molecule has 3 fully saturated rings. The summed E-state index contributed by atoms with van der Waals surface area (Å²) in [6.45, 7) is 2.20. The molecule has 5 nitrogen and oxygen atoms in total. The molecular formula is C18H23N3O2. The first-order valence-electron chi connectivity index (χ1n) is 8.67. The monoisotopic (exact) mass is 313 g/mol. The van der Waals surface area contributed by atoms with Gasteiger partial charge in [-0.2, -0.15) is 0 Å². The van der Waals surface area contributed by atoms with Crippen molar-refractivity contribution in [1.82, 2.24) is 14.5 Å². The van der Waals surface area contributed by atoms with Crippen LogP contribution in [0, 0.1) is 0 Å². The zero-order chi connectivity index (χ0) is 16.0. The van der Waals surface area contributed by atoms with E-state index < -0.39 is 0 Å². The Bertz CT molecular complexity index is 701. The van der Waals surface area contributed by atoms with Crippen LogP contribution in [0.4, 0.5) is 0 Å². The summed E-state index contributed by atoms with van der Waals surface area (Å²) in [7, 11) is 0. The largest absolute Gasteiger partial charge is 0.335 e. The van der Waals surface area contributed by atoms with Crippen LogP contribution in [0.2, 0.25) is 0 Å². The minimum Gasteiger partial charge on any atom is -0.335 e. The molecule has 0 spiro atoms. The highest BCUT2D eigenvalue weighted by Gasteiger charge is 2.40. The van der Waals surface area contributed by atoms with E-state index >= 15 is 0 Å². The smallest absolute Gasteiger partial charge is 0.254 e. The van der Waals surface area contributed by atoms with Crippen LogP contribution >= 0.6 is 0 Å². The number of carbonyl (C=O) groups excluding carboxylic acids is 1. The fourth-order valence-corrected chi connectivity index (χ4v) is 4.08. The number of aromatic nitrogens is 2. The summed E-state index contributed by atoms with van der Waals surface area (Å²) in [6, 6.07) is 2.25. The molecule has 1 saturated carbocycles. The van der Waals surface area contributed by atoms with E-state index in [1.54, 1.807) is 12.4 Å². The Hall–Kier alpha value is -1.91. The maximum atomic E-state index is 12.7. The quantitative estimate of drug-likeness (QED) is 0.804. The fourth-order valence-electron chi connectivity index (χ4n) is 4.08. The van der Waals surface area contributed by atoms with Gasteiger partial charge in [0, 0.05) is 24.1 Å². The summed E-state index contributed by atoms with van der Waals surface area (Å²) in [5.41, 5.74) is 2.25. The van der Waals surface area contributed by atoms with Gasteiger partial charge in [0.05, 0.1) is 12.0 Å². The third kappa shape index (κ3) is 2.73. The van der Waals surface area contributed by atoms with Crippen molar-refractivity contribution in [3.8, 4) is 0 Å². The molecule has 5 heteroatoms.